The molecule has 33 heavy (non-hydrogen) atoms. The van der Waals surface area contributed by atoms with Crippen molar-refractivity contribution in [3.63, 3.8) is 0 Å². The van der Waals surface area contributed by atoms with Crippen LogP contribution < -0.4 is 21.3 Å². The van der Waals surface area contributed by atoms with Crippen LogP contribution in [0.3, 0.4) is 0 Å². The highest BCUT2D eigenvalue weighted by Crippen LogP contribution is 2.33. The van der Waals surface area contributed by atoms with E-state index >= 15 is 0 Å². The first-order valence-corrected chi connectivity index (χ1v) is 10.4. The van der Waals surface area contributed by atoms with Gasteiger partial charge in [0.25, 0.3) is 5.91 Å². The minimum Gasteiger partial charge on any atom is -0.376 e. The topological polar surface area (TPSA) is 102 Å². The molecule has 10 heteroatoms. The van der Waals surface area contributed by atoms with Crippen LogP contribution in [0.4, 0.5) is 11.4 Å². The second-order valence-corrected chi connectivity index (χ2v) is 8.28. The molecule has 1 amide bonds. The van der Waals surface area contributed by atoms with E-state index in [0.717, 1.165) is 0 Å². The zero-order valence-electron chi connectivity index (χ0n) is 18.8. The zero-order valence-corrected chi connectivity index (χ0v) is 19.5. The smallest absolute Gasteiger partial charge is 0.316 e. The van der Waals surface area contributed by atoms with E-state index in [9.17, 15) is 14.4 Å². The summed E-state index contributed by atoms with van der Waals surface area (Å²) in [6.07, 6.45) is 0. The number of hydrogen-bond donors (Lipinski definition) is 1. The second kappa shape index (κ2) is 8.25. The van der Waals surface area contributed by atoms with E-state index in [1.807, 2.05) is 14.1 Å². The van der Waals surface area contributed by atoms with Crippen LogP contribution >= 0.6 is 11.6 Å². The van der Waals surface area contributed by atoms with Crippen molar-refractivity contribution < 1.29 is 9.32 Å². The van der Waals surface area contributed by atoms with E-state index in [1.54, 1.807) is 55.3 Å². The van der Waals surface area contributed by atoms with Gasteiger partial charge >= 0.3 is 11.1 Å². The highest BCUT2D eigenvalue weighted by atomic mass is 35.5. The molecule has 2 aromatic heterocycles. The predicted molar refractivity (Wildman–Crippen MR) is 128 cm³/mol. The molecule has 0 atom stereocenters. The number of nitrogens with one attached hydrogen (secondary N) is 1. The van der Waals surface area contributed by atoms with Crippen LogP contribution in [0.1, 0.15) is 16.1 Å². The standard InChI is InChI=1S/C23H22ClN5O4/c1-12-19(20(26-33-12)13-8-6-7-9-14(13)24)21(30)25-15-10-17-18(11-16(15)27(2)3)29(5)23(32)22(31)28(17)4/h6-11H,1-5H3,(H,25,30). The minimum atomic E-state index is -0.657. The van der Waals surface area contributed by atoms with Crippen molar-refractivity contribution in [3.05, 3.63) is 73.5 Å². The monoisotopic (exact) mass is 467 g/mol. The summed E-state index contributed by atoms with van der Waals surface area (Å²) < 4.78 is 7.88. The molecule has 0 unspecified atom stereocenters. The molecule has 0 radical (unpaired) electrons. The Hall–Kier alpha value is -3.85. The quantitative estimate of drug-likeness (QED) is 0.462. The van der Waals surface area contributed by atoms with Crippen LogP contribution in [-0.2, 0) is 14.1 Å². The summed E-state index contributed by atoms with van der Waals surface area (Å²) in [5.74, 6) is -0.106. The van der Waals surface area contributed by atoms with Crippen LogP contribution in [-0.4, -0.2) is 34.3 Å². The van der Waals surface area contributed by atoms with Crippen LogP contribution in [0.25, 0.3) is 22.3 Å². The molecule has 0 aliphatic carbocycles. The lowest BCUT2D eigenvalue weighted by molar-refractivity contribution is 0.102. The summed E-state index contributed by atoms with van der Waals surface area (Å²) >= 11 is 6.32. The summed E-state index contributed by atoms with van der Waals surface area (Å²) in [5.41, 5.74) is 2.03. The Morgan fingerprint density at radius 3 is 2.27 bits per heavy atom. The number of hydrogen-bond acceptors (Lipinski definition) is 6. The predicted octanol–water partition coefficient (Wildman–Crippen LogP) is 3.17. The Balaban J connectivity index is 1.87. The normalized spacial score (nSPS) is 11.1. The zero-order chi connectivity index (χ0) is 24.0. The molecular weight excluding hydrogens is 446 g/mol. The van der Waals surface area contributed by atoms with Crippen LogP contribution in [0.2, 0.25) is 5.02 Å². The van der Waals surface area contributed by atoms with Crippen LogP contribution in [0.5, 0.6) is 0 Å². The maximum Gasteiger partial charge on any atom is 0.316 e. The Morgan fingerprint density at radius 2 is 1.67 bits per heavy atom. The first kappa shape index (κ1) is 22.3. The highest BCUT2D eigenvalue weighted by Gasteiger charge is 2.24. The second-order valence-electron chi connectivity index (χ2n) is 7.88. The first-order chi connectivity index (χ1) is 15.6. The van der Waals surface area contributed by atoms with Crippen LogP contribution in [0.15, 0.2) is 50.5 Å². The molecule has 2 heterocycles. The number of amides is 1. The molecule has 0 saturated heterocycles. The average Bonchev–Trinajstić information content (AvgIpc) is 3.17. The van der Waals surface area contributed by atoms with Crippen LogP contribution in [0, 0.1) is 6.92 Å². The number of carbonyl (C=O) groups is 1. The van der Waals surface area contributed by atoms with Gasteiger partial charge in [0.05, 0.1) is 27.4 Å². The van der Waals surface area contributed by atoms with E-state index in [4.69, 9.17) is 16.1 Å². The molecule has 0 aliphatic heterocycles. The van der Waals surface area contributed by atoms with Gasteiger partial charge in [-0.15, -0.1) is 0 Å². The van der Waals surface area contributed by atoms with Crippen molar-refractivity contribution in [2.24, 2.45) is 14.1 Å². The molecule has 9 nitrogen and oxygen atoms in total. The summed E-state index contributed by atoms with van der Waals surface area (Å²) in [4.78, 5) is 39.8. The SMILES string of the molecule is Cc1onc(-c2ccccc2Cl)c1C(=O)Nc1cc2c(cc1N(C)C)n(C)c(=O)c(=O)n2C. The van der Waals surface area contributed by atoms with E-state index in [2.05, 4.69) is 10.5 Å². The molecule has 4 rings (SSSR count). The third-order valence-electron chi connectivity index (χ3n) is 5.56. The van der Waals surface area contributed by atoms with Gasteiger partial charge in [0, 0.05) is 33.8 Å². The molecule has 0 saturated carbocycles. The molecule has 2 aromatic carbocycles. The fraction of sp³-hybridized carbons (Fsp3) is 0.217. The van der Waals surface area contributed by atoms with Gasteiger partial charge in [-0.1, -0.05) is 35.0 Å². The number of benzene rings is 2. The van der Waals surface area contributed by atoms with Crippen molar-refractivity contribution in [2.75, 3.05) is 24.3 Å². The molecular formula is C23H22ClN5O4. The summed E-state index contributed by atoms with van der Waals surface area (Å²) in [7, 11) is 6.69. The van der Waals surface area contributed by atoms with Gasteiger partial charge in [-0.3, -0.25) is 14.4 Å². The van der Waals surface area contributed by atoms with Gasteiger partial charge in [0.15, 0.2) is 0 Å². The average molecular weight is 468 g/mol. The number of carbonyl (C=O) groups excluding carboxylic acids is 1. The Labute approximate surface area is 193 Å². The number of aromatic nitrogens is 3. The number of anilines is 2. The van der Waals surface area contributed by atoms with Crippen molar-refractivity contribution >= 4 is 39.9 Å². The molecule has 170 valence electrons. The maximum atomic E-state index is 13.4. The van der Waals surface area contributed by atoms with Crippen molar-refractivity contribution in [2.45, 2.75) is 6.92 Å². The fourth-order valence-corrected chi connectivity index (χ4v) is 3.97. The summed E-state index contributed by atoms with van der Waals surface area (Å²) in [5, 5.41) is 7.40. The van der Waals surface area contributed by atoms with Gasteiger partial charge in [-0.25, -0.2) is 0 Å². The molecule has 1 N–H and O–H groups in total. The van der Waals surface area contributed by atoms with Gasteiger partial charge < -0.3 is 23.9 Å². The van der Waals surface area contributed by atoms with E-state index in [-0.39, 0.29) is 5.56 Å². The van der Waals surface area contributed by atoms with Gasteiger partial charge in [-0.05, 0) is 25.1 Å². The lowest BCUT2D eigenvalue weighted by Gasteiger charge is -2.20. The largest absolute Gasteiger partial charge is 0.376 e. The number of nitrogens with zero attached hydrogens (tertiary/aromatic N) is 4. The molecule has 0 bridgehead atoms. The van der Waals surface area contributed by atoms with E-state index < -0.39 is 17.0 Å². The maximum absolute atomic E-state index is 13.4. The van der Waals surface area contributed by atoms with E-state index in [0.29, 0.717) is 44.4 Å². The summed E-state index contributed by atoms with van der Waals surface area (Å²) in [6, 6.07) is 10.5. The fourth-order valence-electron chi connectivity index (χ4n) is 3.74. The molecule has 0 aliphatic rings. The lowest BCUT2D eigenvalue weighted by atomic mass is 10.1. The highest BCUT2D eigenvalue weighted by molar-refractivity contribution is 6.33. The third kappa shape index (κ3) is 3.70. The van der Waals surface area contributed by atoms with Crippen molar-refractivity contribution in [1.29, 1.82) is 0 Å². The first-order valence-electron chi connectivity index (χ1n) is 10.1. The molecule has 0 fully saturated rings. The summed E-state index contributed by atoms with van der Waals surface area (Å²) in [6.45, 7) is 1.65. The Morgan fingerprint density at radius 1 is 1.06 bits per heavy atom. The van der Waals surface area contributed by atoms with Crippen molar-refractivity contribution in [1.82, 2.24) is 14.3 Å². The van der Waals surface area contributed by atoms with E-state index in [1.165, 1.54) is 16.2 Å². The number of fused-ring (bicyclic) bond motifs is 1. The Bertz CT molecular complexity index is 1530. The number of aryl methyl sites for hydroxylation is 3. The lowest BCUT2D eigenvalue weighted by Crippen LogP contribution is -2.39. The number of rotatable bonds is 4. The Kier molecular flexibility index (Phi) is 5.59. The molecule has 0 spiro atoms. The van der Waals surface area contributed by atoms with Gasteiger partial charge in [0.1, 0.15) is 17.0 Å². The third-order valence-corrected chi connectivity index (χ3v) is 5.89. The minimum absolute atomic E-state index is 0.252. The van der Waals surface area contributed by atoms with Crippen molar-refractivity contribution in [3.8, 4) is 11.3 Å². The number of halogens is 1. The van der Waals surface area contributed by atoms with Gasteiger partial charge in [-0.2, -0.15) is 0 Å². The van der Waals surface area contributed by atoms with Gasteiger partial charge in [0.2, 0.25) is 0 Å². The molecule has 4 aromatic rings.